The molecule has 0 saturated carbocycles. The van der Waals surface area contributed by atoms with E-state index in [4.69, 9.17) is 4.74 Å². The highest BCUT2D eigenvalue weighted by molar-refractivity contribution is 5.83. The van der Waals surface area contributed by atoms with E-state index in [9.17, 15) is 9.59 Å². The number of benzene rings is 1. The monoisotopic (exact) mass is 315 g/mol. The minimum Gasteiger partial charge on any atom is -0.448 e. The van der Waals surface area contributed by atoms with E-state index in [1.165, 1.54) is 11.2 Å². The van der Waals surface area contributed by atoms with Crippen LogP contribution in [0.2, 0.25) is 0 Å². The predicted octanol–water partition coefficient (Wildman–Crippen LogP) is 0.897. The third-order valence-electron chi connectivity index (χ3n) is 3.63. The fourth-order valence-corrected chi connectivity index (χ4v) is 2.37. The van der Waals surface area contributed by atoms with Crippen LogP contribution in [0.5, 0.6) is 0 Å². The summed E-state index contributed by atoms with van der Waals surface area (Å²) in [4.78, 5) is 28.6. The zero-order valence-electron chi connectivity index (χ0n) is 12.7. The Balaban J connectivity index is 1.58. The number of hydrogen-bond donors (Lipinski definition) is 1. The molecule has 1 fully saturated rings. The van der Waals surface area contributed by atoms with Crippen LogP contribution in [-0.4, -0.2) is 51.4 Å². The maximum Gasteiger partial charge on any atom is 0.410 e. The van der Waals surface area contributed by atoms with Gasteiger partial charge < -0.3 is 10.1 Å². The molecule has 0 radical (unpaired) electrons. The highest BCUT2D eigenvalue weighted by Gasteiger charge is 2.24. The number of amides is 2. The number of cyclic esters (lactones) is 1. The molecule has 2 heterocycles. The van der Waals surface area contributed by atoms with Crippen molar-refractivity contribution in [2.45, 2.75) is 13.0 Å². The first-order valence-electron chi connectivity index (χ1n) is 7.29. The van der Waals surface area contributed by atoms with Crippen molar-refractivity contribution in [3.63, 3.8) is 0 Å². The first kappa shape index (κ1) is 15.0. The summed E-state index contributed by atoms with van der Waals surface area (Å²) in [5.41, 5.74) is 1.86. The van der Waals surface area contributed by atoms with Crippen LogP contribution in [0.4, 0.5) is 4.79 Å². The van der Waals surface area contributed by atoms with Crippen LogP contribution in [0.1, 0.15) is 18.5 Å². The number of carbonyl (C=O) groups is 2. The molecule has 1 aromatic heterocycles. The van der Waals surface area contributed by atoms with Crippen molar-refractivity contribution in [2.75, 3.05) is 19.7 Å². The first-order valence-corrected chi connectivity index (χ1v) is 7.29. The molecule has 1 aromatic carbocycles. The summed E-state index contributed by atoms with van der Waals surface area (Å²) < 4.78 is 6.46. The Morgan fingerprint density at radius 2 is 2.17 bits per heavy atom. The summed E-state index contributed by atoms with van der Waals surface area (Å²) in [5, 5.41) is 6.94. The van der Waals surface area contributed by atoms with Gasteiger partial charge >= 0.3 is 6.09 Å². The van der Waals surface area contributed by atoms with Gasteiger partial charge in [0.25, 0.3) is 0 Å². The van der Waals surface area contributed by atoms with Gasteiger partial charge in [-0.3, -0.25) is 9.69 Å². The van der Waals surface area contributed by atoms with Gasteiger partial charge in [-0.2, -0.15) is 5.10 Å². The number of rotatable bonds is 5. The van der Waals surface area contributed by atoms with Gasteiger partial charge in [-0.15, -0.1) is 0 Å². The molecular formula is C15H17N5O3. The van der Waals surface area contributed by atoms with Crippen molar-refractivity contribution in [1.29, 1.82) is 0 Å². The lowest BCUT2D eigenvalue weighted by atomic mass is 10.1. The number of nitrogens with one attached hydrogen (secondary N) is 1. The van der Waals surface area contributed by atoms with Gasteiger partial charge in [0.15, 0.2) is 0 Å². The highest BCUT2D eigenvalue weighted by atomic mass is 16.6. The highest BCUT2D eigenvalue weighted by Crippen LogP contribution is 2.15. The Morgan fingerprint density at radius 3 is 2.78 bits per heavy atom. The van der Waals surface area contributed by atoms with E-state index in [1.807, 2.05) is 31.2 Å². The summed E-state index contributed by atoms with van der Waals surface area (Å²) in [6.45, 7) is 2.70. The Bertz CT molecular complexity index is 684. The third kappa shape index (κ3) is 3.47. The van der Waals surface area contributed by atoms with Crippen LogP contribution in [0, 0.1) is 0 Å². The van der Waals surface area contributed by atoms with E-state index in [2.05, 4.69) is 15.4 Å². The average molecular weight is 315 g/mol. The molecule has 8 heteroatoms. The van der Waals surface area contributed by atoms with Crippen molar-refractivity contribution in [3.05, 3.63) is 42.5 Å². The molecule has 2 aromatic rings. The third-order valence-corrected chi connectivity index (χ3v) is 3.63. The van der Waals surface area contributed by atoms with Gasteiger partial charge in [0.2, 0.25) is 5.91 Å². The van der Waals surface area contributed by atoms with E-state index >= 15 is 0 Å². The quantitative estimate of drug-likeness (QED) is 0.885. The van der Waals surface area contributed by atoms with Crippen LogP contribution in [0.25, 0.3) is 5.69 Å². The minimum absolute atomic E-state index is 0.0141. The number of aromatic nitrogens is 3. The molecule has 120 valence electrons. The number of hydrogen-bond acceptors (Lipinski definition) is 5. The molecule has 3 rings (SSSR count). The van der Waals surface area contributed by atoms with Crippen molar-refractivity contribution in [1.82, 2.24) is 25.0 Å². The van der Waals surface area contributed by atoms with Gasteiger partial charge in [-0.05, 0) is 24.6 Å². The summed E-state index contributed by atoms with van der Waals surface area (Å²) in [5.74, 6) is -0.211. The molecule has 1 N–H and O–H groups in total. The zero-order chi connectivity index (χ0) is 16.2. The molecule has 1 aliphatic rings. The molecule has 1 saturated heterocycles. The van der Waals surface area contributed by atoms with Crippen molar-refractivity contribution >= 4 is 12.0 Å². The minimum atomic E-state index is -0.440. The molecule has 0 aliphatic carbocycles. The lowest BCUT2D eigenvalue weighted by Gasteiger charge is -2.17. The average Bonchev–Trinajstić information content (AvgIpc) is 3.20. The van der Waals surface area contributed by atoms with Crippen LogP contribution in [0.3, 0.4) is 0 Å². The van der Waals surface area contributed by atoms with Gasteiger partial charge in [-0.25, -0.2) is 14.5 Å². The molecule has 0 spiro atoms. The summed E-state index contributed by atoms with van der Waals surface area (Å²) in [6.07, 6.45) is 2.65. The van der Waals surface area contributed by atoms with Crippen LogP contribution < -0.4 is 5.32 Å². The number of nitrogens with zero attached hydrogens (tertiary/aromatic N) is 4. The zero-order valence-corrected chi connectivity index (χ0v) is 12.7. The topological polar surface area (TPSA) is 89.4 Å². The second kappa shape index (κ2) is 6.47. The molecule has 8 nitrogen and oxygen atoms in total. The smallest absolute Gasteiger partial charge is 0.410 e. The second-order valence-electron chi connectivity index (χ2n) is 5.26. The summed E-state index contributed by atoms with van der Waals surface area (Å²) in [7, 11) is 0. The van der Waals surface area contributed by atoms with E-state index in [0.29, 0.717) is 13.2 Å². The Morgan fingerprint density at radius 1 is 1.39 bits per heavy atom. The fraction of sp³-hybridized carbons (Fsp3) is 0.333. The first-order chi connectivity index (χ1) is 11.1. The fourth-order valence-electron chi connectivity index (χ4n) is 2.37. The van der Waals surface area contributed by atoms with E-state index in [-0.39, 0.29) is 18.5 Å². The molecule has 2 amide bonds. The Hall–Kier alpha value is -2.90. The molecule has 23 heavy (non-hydrogen) atoms. The molecule has 1 atom stereocenters. The lowest BCUT2D eigenvalue weighted by Crippen LogP contribution is -2.38. The van der Waals surface area contributed by atoms with Gasteiger partial charge in [0, 0.05) is 0 Å². The Kier molecular flexibility index (Phi) is 4.22. The molecule has 0 unspecified atom stereocenters. The van der Waals surface area contributed by atoms with Crippen molar-refractivity contribution < 1.29 is 14.3 Å². The van der Waals surface area contributed by atoms with Crippen molar-refractivity contribution in [2.24, 2.45) is 0 Å². The van der Waals surface area contributed by atoms with Gasteiger partial charge in [-0.1, -0.05) is 12.1 Å². The summed E-state index contributed by atoms with van der Waals surface area (Å²) >= 11 is 0. The predicted molar refractivity (Wildman–Crippen MR) is 80.8 cm³/mol. The lowest BCUT2D eigenvalue weighted by molar-refractivity contribution is -0.122. The van der Waals surface area contributed by atoms with Crippen molar-refractivity contribution in [3.8, 4) is 5.69 Å². The molecular weight excluding hydrogens is 298 g/mol. The standard InChI is InChI=1S/C15H17N5O3/c1-11(18-14(21)8-19-6-7-23-15(19)22)12-2-4-13(5-3-12)20-10-16-9-17-20/h2-5,9-11H,6-8H2,1H3,(H,18,21)/t11-/m0/s1. The summed E-state index contributed by atoms with van der Waals surface area (Å²) in [6, 6.07) is 7.50. The van der Waals surface area contributed by atoms with Crippen LogP contribution in [-0.2, 0) is 9.53 Å². The van der Waals surface area contributed by atoms with Crippen LogP contribution in [0.15, 0.2) is 36.9 Å². The normalized spacial score (nSPS) is 15.3. The van der Waals surface area contributed by atoms with Gasteiger partial charge in [0.05, 0.1) is 18.3 Å². The number of carbonyl (C=O) groups excluding carboxylic acids is 2. The van der Waals surface area contributed by atoms with Crippen LogP contribution >= 0.6 is 0 Å². The van der Waals surface area contributed by atoms with Gasteiger partial charge in [0.1, 0.15) is 25.8 Å². The maximum absolute atomic E-state index is 12.0. The maximum atomic E-state index is 12.0. The van der Waals surface area contributed by atoms with E-state index < -0.39 is 6.09 Å². The SMILES string of the molecule is C[C@H](NC(=O)CN1CCOC1=O)c1ccc(-n2cncn2)cc1. The molecule has 0 bridgehead atoms. The van der Waals surface area contributed by atoms with E-state index in [1.54, 1.807) is 11.0 Å². The second-order valence-corrected chi connectivity index (χ2v) is 5.26. The Labute approximate surface area is 133 Å². The van der Waals surface area contributed by atoms with E-state index in [0.717, 1.165) is 11.3 Å². The number of ether oxygens (including phenoxy) is 1. The molecule has 1 aliphatic heterocycles. The largest absolute Gasteiger partial charge is 0.448 e.